The van der Waals surface area contributed by atoms with Crippen molar-refractivity contribution >= 4 is 24.4 Å². The van der Waals surface area contributed by atoms with Gasteiger partial charge >= 0.3 is 0 Å². The first-order chi connectivity index (χ1) is 6.47. The summed E-state index contributed by atoms with van der Waals surface area (Å²) in [7, 11) is 0. The van der Waals surface area contributed by atoms with E-state index in [0.717, 1.165) is 0 Å². The van der Waals surface area contributed by atoms with Crippen LogP contribution in [-0.2, 0) is 9.59 Å². The van der Waals surface area contributed by atoms with Gasteiger partial charge in [-0.05, 0) is 5.92 Å². The molecule has 0 aromatic rings. The summed E-state index contributed by atoms with van der Waals surface area (Å²) in [6.45, 7) is 6.01. The van der Waals surface area contributed by atoms with Crippen molar-refractivity contribution in [1.82, 2.24) is 10.6 Å². The van der Waals surface area contributed by atoms with E-state index in [1.165, 1.54) is 6.92 Å². The number of amides is 2. The van der Waals surface area contributed by atoms with Gasteiger partial charge in [-0.1, -0.05) is 13.8 Å². The fraction of sp³-hybridized carbons (Fsp3) is 0.778. The third-order valence-corrected chi connectivity index (χ3v) is 1.93. The van der Waals surface area contributed by atoms with Gasteiger partial charge in [0, 0.05) is 19.2 Å². The summed E-state index contributed by atoms with van der Waals surface area (Å²) in [5, 5.41) is 5.26. The summed E-state index contributed by atoms with van der Waals surface area (Å²) >= 11 is 4.00. The Balaban J connectivity index is 3.98. The van der Waals surface area contributed by atoms with E-state index in [4.69, 9.17) is 0 Å². The Hall–Kier alpha value is -0.710. The van der Waals surface area contributed by atoms with Crippen molar-refractivity contribution in [3.8, 4) is 0 Å². The molecule has 0 aromatic heterocycles. The normalized spacial score (nSPS) is 12.4. The predicted molar refractivity (Wildman–Crippen MR) is 59.3 cm³/mol. The monoisotopic (exact) mass is 218 g/mol. The summed E-state index contributed by atoms with van der Waals surface area (Å²) in [5.41, 5.74) is 0. The first-order valence-corrected chi connectivity index (χ1v) is 5.26. The van der Waals surface area contributed by atoms with Crippen LogP contribution in [0.5, 0.6) is 0 Å². The Kier molecular flexibility index (Phi) is 6.36. The van der Waals surface area contributed by atoms with E-state index < -0.39 is 6.04 Å². The van der Waals surface area contributed by atoms with Crippen LogP contribution < -0.4 is 10.6 Å². The van der Waals surface area contributed by atoms with Gasteiger partial charge < -0.3 is 10.6 Å². The van der Waals surface area contributed by atoms with Crippen LogP contribution >= 0.6 is 12.6 Å². The Morgan fingerprint density at radius 3 is 2.29 bits per heavy atom. The second-order valence-corrected chi connectivity index (χ2v) is 3.94. The minimum Gasteiger partial charge on any atom is -0.354 e. The third kappa shape index (κ3) is 5.85. The van der Waals surface area contributed by atoms with Crippen molar-refractivity contribution in [1.29, 1.82) is 0 Å². The maximum Gasteiger partial charge on any atom is 0.243 e. The van der Waals surface area contributed by atoms with Gasteiger partial charge in [0.2, 0.25) is 11.8 Å². The molecule has 0 aliphatic heterocycles. The smallest absolute Gasteiger partial charge is 0.243 e. The second kappa shape index (κ2) is 6.70. The largest absolute Gasteiger partial charge is 0.354 e. The van der Waals surface area contributed by atoms with Crippen molar-refractivity contribution in [2.24, 2.45) is 5.92 Å². The topological polar surface area (TPSA) is 58.2 Å². The lowest BCUT2D eigenvalue weighted by molar-refractivity contribution is -0.127. The highest BCUT2D eigenvalue weighted by atomic mass is 32.1. The first kappa shape index (κ1) is 13.3. The minimum atomic E-state index is -0.533. The van der Waals surface area contributed by atoms with Crippen LogP contribution in [0.15, 0.2) is 0 Å². The number of carbonyl (C=O) groups is 2. The van der Waals surface area contributed by atoms with Crippen molar-refractivity contribution < 1.29 is 9.59 Å². The molecule has 0 heterocycles. The second-order valence-electron chi connectivity index (χ2n) is 3.57. The van der Waals surface area contributed by atoms with Gasteiger partial charge in [0.1, 0.15) is 6.04 Å². The molecule has 0 fully saturated rings. The first-order valence-electron chi connectivity index (χ1n) is 4.63. The summed E-state index contributed by atoms with van der Waals surface area (Å²) in [4.78, 5) is 22.2. The Morgan fingerprint density at radius 1 is 1.36 bits per heavy atom. The zero-order valence-corrected chi connectivity index (χ0v) is 9.73. The van der Waals surface area contributed by atoms with Gasteiger partial charge in [-0.3, -0.25) is 9.59 Å². The van der Waals surface area contributed by atoms with Gasteiger partial charge in [0.15, 0.2) is 0 Å². The van der Waals surface area contributed by atoms with E-state index in [-0.39, 0.29) is 11.8 Å². The number of nitrogens with one attached hydrogen (secondary N) is 2. The number of hydrogen-bond acceptors (Lipinski definition) is 3. The maximum absolute atomic E-state index is 11.4. The zero-order valence-electron chi connectivity index (χ0n) is 8.83. The van der Waals surface area contributed by atoms with Gasteiger partial charge in [-0.2, -0.15) is 12.6 Å². The standard InChI is InChI=1S/C9H18N2O2S/c1-6(2)4-10-9(13)8(5-14)11-7(3)12/h6,8,14H,4-5H2,1-3H3,(H,10,13)(H,11,12)/t8-/m0/s1. The molecule has 0 aliphatic rings. The van der Waals surface area contributed by atoms with Gasteiger partial charge in [-0.15, -0.1) is 0 Å². The quantitative estimate of drug-likeness (QED) is 0.577. The molecule has 0 unspecified atom stereocenters. The molecule has 0 bridgehead atoms. The Labute approximate surface area is 90.2 Å². The molecule has 0 spiro atoms. The Morgan fingerprint density at radius 2 is 1.93 bits per heavy atom. The highest BCUT2D eigenvalue weighted by Gasteiger charge is 2.16. The molecule has 4 nitrogen and oxygen atoms in total. The molecule has 0 saturated carbocycles. The molecule has 0 aromatic carbocycles. The predicted octanol–water partition coefficient (Wildman–Crippen LogP) is 0.193. The molecule has 2 amide bonds. The van der Waals surface area contributed by atoms with Crippen LogP contribution in [-0.4, -0.2) is 30.2 Å². The SMILES string of the molecule is CC(=O)N[C@@H](CS)C(=O)NCC(C)C. The lowest BCUT2D eigenvalue weighted by Crippen LogP contribution is -2.48. The van der Waals surface area contributed by atoms with Crippen molar-refractivity contribution in [2.45, 2.75) is 26.8 Å². The number of rotatable bonds is 5. The molecule has 5 heteroatoms. The molecule has 14 heavy (non-hydrogen) atoms. The summed E-state index contributed by atoms with van der Waals surface area (Å²) in [5.74, 6) is 0.313. The lowest BCUT2D eigenvalue weighted by atomic mass is 10.2. The molecule has 2 N–H and O–H groups in total. The summed E-state index contributed by atoms with van der Waals surface area (Å²) in [6.07, 6.45) is 0. The average molecular weight is 218 g/mol. The molecule has 82 valence electrons. The number of carbonyl (C=O) groups excluding carboxylic acids is 2. The van der Waals surface area contributed by atoms with Crippen LogP contribution in [0.3, 0.4) is 0 Å². The van der Waals surface area contributed by atoms with E-state index in [2.05, 4.69) is 23.3 Å². The third-order valence-electron chi connectivity index (χ3n) is 1.56. The molecular formula is C9H18N2O2S. The van der Waals surface area contributed by atoms with Gasteiger partial charge in [-0.25, -0.2) is 0 Å². The van der Waals surface area contributed by atoms with Crippen molar-refractivity contribution in [2.75, 3.05) is 12.3 Å². The zero-order chi connectivity index (χ0) is 11.1. The minimum absolute atomic E-state index is 0.177. The molecule has 0 rings (SSSR count). The highest BCUT2D eigenvalue weighted by Crippen LogP contribution is 1.91. The van der Waals surface area contributed by atoms with E-state index >= 15 is 0 Å². The van der Waals surface area contributed by atoms with Crippen LogP contribution in [0.2, 0.25) is 0 Å². The van der Waals surface area contributed by atoms with Gasteiger partial charge in [0.25, 0.3) is 0 Å². The fourth-order valence-corrected chi connectivity index (χ4v) is 1.12. The van der Waals surface area contributed by atoms with Crippen LogP contribution in [0.25, 0.3) is 0 Å². The highest BCUT2D eigenvalue weighted by molar-refractivity contribution is 7.80. The van der Waals surface area contributed by atoms with Crippen LogP contribution in [0.4, 0.5) is 0 Å². The molecule has 0 aliphatic carbocycles. The molecule has 1 atom stereocenters. The van der Waals surface area contributed by atoms with Crippen LogP contribution in [0, 0.1) is 5.92 Å². The fourth-order valence-electron chi connectivity index (χ4n) is 0.867. The molecule has 0 radical (unpaired) electrons. The number of hydrogen-bond donors (Lipinski definition) is 3. The maximum atomic E-state index is 11.4. The molecular weight excluding hydrogens is 200 g/mol. The van der Waals surface area contributed by atoms with E-state index in [1.807, 2.05) is 13.8 Å². The van der Waals surface area contributed by atoms with E-state index in [1.54, 1.807) is 0 Å². The van der Waals surface area contributed by atoms with E-state index in [9.17, 15) is 9.59 Å². The summed E-state index contributed by atoms with van der Waals surface area (Å²) < 4.78 is 0. The molecule has 0 saturated heterocycles. The Bertz CT molecular complexity index is 207. The van der Waals surface area contributed by atoms with Crippen molar-refractivity contribution in [3.63, 3.8) is 0 Å². The van der Waals surface area contributed by atoms with Crippen molar-refractivity contribution in [3.05, 3.63) is 0 Å². The number of thiol groups is 1. The summed E-state index contributed by atoms with van der Waals surface area (Å²) in [6, 6.07) is -0.533. The lowest BCUT2D eigenvalue weighted by Gasteiger charge is -2.16. The van der Waals surface area contributed by atoms with Crippen LogP contribution in [0.1, 0.15) is 20.8 Å². The average Bonchev–Trinajstić information content (AvgIpc) is 2.09. The van der Waals surface area contributed by atoms with Gasteiger partial charge in [0.05, 0.1) is 0 Å². The van der Waals surface area contributed by atoms with E-state index in [0.29, 0.717) is 18.2 Å².